The molecule has 4 heteroatoms. The van der Waals surface area contributed by atoms with Gasteiger partial charge in [0, 0.05) is 24.9 Å². The molecule has 1 aromatic rings. The van der Waals surface area contributed by atoms with Crippen molar-refractivity contribution in [3.05, 3.63) is 29.8 Å². The minimum atomic E-state index is -0.0181. The van der Waals surface area contributed by atoms with E-state index in [0.29, 0.717) is 13.0 Å². The number of carbonyl (C=O) groups excluding carboxylic acids is 1. The molecule has 19 heavy (non-hydrogen) atoms. The first kappa shape index (κ1) is 15.7. The van der Waals surface area contributed by atoms with Crippen molar-refractivity contribution < 1.29 is 9.90 Å². The predicted molar refractivity (Wildman–Crippen MR) is 78.2 cm³/mol. The van der Waals surface area contributed by atoms with Crippen LogP contribution in [0.4, 0.5) is 5.69 Å². The summed E-state index contributed by atoms with van der Waals surface area (Å²) in [6, 6.07) is 8.04. The van der Waals surface area contributed by atoms with Gasteiger partial charge in [-0.15, -0.1) is 0 Å². The molecule has 1 aromatic carbocycles. The molecule has 0 aliphatic carbocycles. The Morgan fingerprint density at radius 3 is 2.47 bits per heavy atom. The van der Waals surface area contributed by atoms with Gasteiger partial charge in [-0.2, -0.15) is 0 Å². The lowest BCUT2D eigenvalue weighted by Gasteiger charge is -2.25. The Hall–Kier alpha value is -1.39. The van der Waals surface area contributed by atoms with Gasteiger partial charge in [-0.05, 0) is 39.3 Å². The molecule has 0 aromatic heterocycles. The van der Waals surface area contributed by atoms with Crippen molar-refractivity contribution in [2.75, 3.05) is 25.0 Å². The maximum atomic E-state index is 12.0. The highest BCUT2D eigenvalue weighted by molar-refractivity contribution is 5.92. The van der Waals surface area contributed by atoms with Crippen molar-refractivity contribution in [2.45, 2.75) is 33.2 Å². The molecule has 106 valence electrons. The first-order valence-electron chi connectivity index (χ1n) is 6.74. The third-order valence-electron chi connectivity index (χ3n) is 3.02. The number of aliphatic hydroxyl groups excluding tert-OH is 1. The van der Waals surface area contributed by atoms with Crippen molar-refractivity contribution in [1.29, 1.82) is 0 Å². The highest BCUT2D eigenvalue weighted by Gasteiger charge is 2.13. The van der Waals surface area contributed by atoms with Crippen LogP contribution in [0.3, 0.4) is 0 Å². The number of nitrogens with zero attached hydrogens (tertiary/aromatic N) is 1. The van der Waals surface area contributed by atoms with E-state index in [1.54, 1.807) is 0 Å². The zero-order chi connectivity index (χ0) is 14.3. The Morgan fingerprint density at radius 1 is 1.32 bits per heavy atom. The van der Waals surface area contributed by atoms with Crippen molar-refractivity contribution in [3.8, 4) is 0 Å². The topological polar surface area (TPSA) is 52.6 Å². The molecule has 0 radical (unpaired) electrons. The quantitative estimate of drug-likeness (QED) is 0.792. The second kappa shape index (κ2) is 7.92. The highest BCUT2D eigenvalue weighted by Crippen LogP contribution is 2.09. The third-order valence-corrected chi connectivity index (χ3v) is 3.02. The SMILES string of the molecule is Cc1ccc(NC(=O)CN(CCCO)C(C)C)cc1. The molecule has 4 nitrogen and oxygen atoms in total. The van der Waals surface area contributed by atoms with Gasteiger partial charge < -0.3 is 10.4 Å². The van der Waals surface area contributed by atoms with Gasteiger partial charge in [0.2, 0.25) is 5.91 Å². The van der Waals surface area contributed by atoms with Crippen LogP contribution in [0.1, 0.15) is 25.8 Å². The summed E-state index contributed by atoms with van der Waals surface area (Å²) in [4.78, 5) is 14.0. The fraction of sp³-hybridized carbons (Fsp3) is 0.533. The van der Waals surface area contributed by atoms with Gasteiger partial charge >= 0.3 is 0 Å². The number of aliphatic hydroxyl groups is 1. The average Bonchev–Trinajstić information content (AvgIpc) is 2.37. The van der Waals surface area contributed by atoms with E-state index in [9.17, 15) is 4.79 Å². The molecule has 1 rings (SSSR count). The van der Waals surface area contributed by atoms with E-state index < -0.39 is 0 Å². The van der Waals surface area contributed by atoms with Crippen molar-refractivity contribution in [1.82, 2.24) is 4.90 Å². The number of anilines is 1. The van der Waals surface area contributed by atoms with Crippen LogP contribution < -0.4 is 5.32 Å². The van der Waals surface area contributed by atoms with Gasteiger partial charge in [0.1, 0.15) is 0 Å². The van der Waals surface area contributed by atoms with Crippen LogP contribution in [0, 0.1) is 6.92 Å². The molecule has 1 amide bonds. The van der Waals surface area contributed by atoms with Crippen molar-refractivity contribution in [2.24, 2.45) is 0 Å². The molecule has 0 bridgehead atoms. The molecule has 0 aliphatic rings. The summed E-state index contributed by atoms with van der Waals surface area (Å²) in [5, 5.41) is 11.8. The summed E-state index contributed by atoms with van der Waals surface area (Å²) in [6.45, 7) is 7.36. The molecule has 0 atom stereocenters. The van der Waals surface area contributed by atoms with Gasteiger partial charge in [0.25, 0.3) is 0 Å². The lowest BCUT2D eigenvalue weighted by Crippen LogP contribution is -2.38. The van der Waals surface area contributed by atoms with E-state index >= 15 is 0 Å². The van der Waals surface area contributed by atoms with E-state index in [1.807, 2.05) is 31.2 Å². The van der Waals surface area contributed by atoms with E-state index in [-0.39, 0.29) is 18.6 Å². The standard InChI is InChI=1S/C15H24N2O2/c1-12(2)17(9-4-10-18)11-15(19)16-14-7-5-13(3)6-8-14/h5-8,12,18H,4,9-11H2,1-3H3,(H,16,19). The van der Waals surface area contributed by atoms with E-state index in [2.05, 4.69) is 24.1 Å². The number of carbonyl (C=O) groups is 1. The van der Waals surface area contributed by atoms with Gasteiger partial charge in [-0.1, -0.05) is 17.7 Å². The van der Waals surface area contributed by atoms with Crippen LogP contribution in [-0.4, -0.2) is 41.7 Å². The lowest BCUT2D eigenvalue weighted by atomic mass is 10.2. The summed E-state index contributed by atoms with van der Waals surface area (Å²) in [5.41, 5.74) is 1.99. The number of hydrogen-bond acceptors (Lipinski definition) is 3. The zero-order valence-corrected chi connectivity index (χ0v) is 12.0. The van der Waals surface area contributed by atoms with Crippen LogP contribution in [-0.2, 0) is 4.79 Å². The summed E-state index contributed by atoms with van der Waals surface area (Å²) in [6.07, 6.45) is 0.690. The molecule has 0 saturated carbocycles. The smallest absolute Gasteiger partial charge is 0.238 e. The van der Waals surface area contributed by atoms with Gasteiger partial charge in [0.05, 0.1) is 6.54 Å². The monoisotopic (exact) mass is 264 g/mol. The van der Waals surface area contributed by atoms with Crippen molar-refractivity contribution >= 4 is 11.6 Å². The number of aryl methyl sites for hydroxylation is 1. The Labute approximate surface area is 115 Å². The Bertz CT molecular complexity index is 388. The Morgan fingerprint density at radius 2 is 1.95 bits per heavy atom. The second-order valence-electron chi connectivity index (χ2n) is 5.06. The second-order valence-corrected chi connectivity index (χ2v) is 5.06. The highest BCUT2D eigenvalue weighted by atomic mass is 16.3. The fourth-order valence-electron chi connectivity index (χ4n) is 1.82. The van der Waals surface area contributed by atoms with Crippen LogP contribution in [0.2, 0.25) is 0 Å². The fourth-order valence-corrected chi connectivity index (χ4v) is 1.82. The minimum absolute atomic E-state index is 0.0181. The van der Waals surface area contributed by atoms with Gasteiger partial charge in [-0.3, -0.25) is 9.69 Å². The lowest BCUT2D eigenvalue weighted by molar-refractivity contribution is -0.117. The van der Waals surface area contributed by atoms with E-state index in [4.69, 9.17) is 5.11 Å². The molecule has 0 fully saturated rings. The molecule has 0 saturated heterocycles. The summed E-state index contributed by atoms with van der Waals surface area (Å²) in [7, 11) is 0. The number of rotatable bonds is 7. The molecule has 0 aliphatic heterocycles. The number of nitrogens with one attached hydrogen (secondary N) is 1. The number of hydrogen-bond donors (Lipinski definition) is 2. The molecule has 0 unspecified atom stereocenters. The third kappa shape index (κ3) is 5.85. The molecule has 2 N–H and O–H groups in total. The van der Waals surface area contributed by atoms with Crippen LogP contribution >= 0.6 is 0 Å². The first-order valence-corrected chi connectivity index (χ1v) is 6.74. The van der Waals surface area contributed by atoms with Crippen molar-refractivity contribution in [3.63, 3.8) is 0 Å². The number of amides is 1. The minimum Gasteiger partial charge on any atom is -0.396 e. The normalized spacial score (nSPS) is 11.1. The van der Waals surface area contributed by atoms with Crippen LogP contribution in [0.25, 0.3) is 0 Å². The maximum Gasteiger partial charge on any atom is 0.238 e. The first-order chi connectivity index (χ1) is 9.02. The molecule has 0 heterocycles. The van der Waals surface area contributed by atoms with Crippen LogP contribution in [0.15, 0.2) is 24.3 Å². The predicted octanol–water partition coefficient (Wildman–Crippen LogP) is 2.03. The molecular formula is C15H24N2O2. The Kier molecular flexibility index (Phi) is 6.53. The molecule has 0 spiro atoms. The maximum absolute atomic E-state index is 12.0. The average molecular weight is 264 g/mol. The summed E-state index contributed by atoms with van der Waals surface area (Å²) >= 11 is 0. The van der Waals surface area contributed by atoms with Gasteiger partial charge in [0.15, 0.2) is 0 Å². The molecular weight excluding hydrogens is 240 g/mol. The zero-order valence-electron chi connectivity index (χ0n) is 12.0. The largest absolute Gasteiger partial charge is 0.396 e. The summed E-state index contributed by atoms with van der Waals surface area (Å²) in [5.74, 6) is -0.0181. The van der Waals surface area contributed by atoms with Crippen LogP contribution in [0.5, 0.6) is 0 Å². The van der Waals surface area contributed by atoms with Gasteiger partial charge in [-0.25, -0.2) is 0 Å². The number of benzene rings is 1. The van der Waals surface area contributed by atoms with E-state index in [0.717, 1.165) is 12.2 Å². The summed E-state index contributed by atoms with van der Waals surface area (Å²) < 4.78 is 0. The van der Waals surface area contributed by atoms with E-state index in [1.165, 1.54) is 5.56 Å². The Balaban J connectivity index is 2.50.